The van der Waals surface area contributed by atoms with Crippen LogP contribution in [0.25, 0.3) is 0 Å². The van der Waals surface area contributed by atoms with Crippen LogP contribution in [-0.2, 0) is 32.7 Å². The average molecular weight is 1280 g/mol. The summed E-state index contributed by atoms with van der Waals surface area (Å²) in [6.07, 6.45) is 98.2. The van der Waals surface area contributed by atoms with E-state index in [-0.39, 0.29) is 32.0 Å². The molecule has 0 rings (SSSR count). The van der Waals surface area contributed by atoms with Crippen LogP contribution in [0.1, 0.15) is 348 Å². The van der Waals surface area contributed by atoms with Gasteiger partial charge in [-0.2, -0.15) is 0 Å². The summed E-state index contributed by atoms with van der Waals surface area (Å²) in [6.45, 7) is 4.35. The van der Waals surface area contributed by atoms with Gasteiger partial charge in [0.1, 0.15) is 19.8 Å². The molecule has 0 aliphatic heterocycles. The lowest BCUT2D eigenvalue weighted by molar-refractivity contribution is -0.870. The minimum absolute atomic E-state index is 0.0308. The molecule has 0 aromatic heterocycles. The molecule has 0 bridgehead atoms. The van der Waals surface area contributed by atoms with E-state index < -0.39 is 26.5 Å². The average Bonchev–Trinajstić information content (AvgIpc) is 3.61. The monoisotopic (exact) mass is 1280 g/mol. The van der Waals surface area contributed by atoms with Crippen molar-refractivity contribution in [3.8, 4) is 0 Å². The highest BCUT2D eigenvalue weighted by Crippen LogP contribution is 2.43. The summed E-state index contributed by atoms with van der Waals surface area (Å²) in [5.41, 5.74) is 0. The van der Waals surface area contributed by atoms with Crippen molar-refractivity contribution in [1.29, 1.82) is 0 Å². The molecule has 0 aromatic carbocycles. The molecular formula is C80H145NO8P+. The summed E-state index contributed by atoms with van der Waals surface area (Å²) in [5.74, 6) is -0.784. The van der Waals surface area contributed by atoms with Crippen molar-refractivity contribution in [1.82, 2.24) is 0 Å². The minimum atomic E-state index is -4.40. The van der Waals surface area contributed by atoms with Crippen LogP contribution in [0.15, 0.2) is 97.2 Å². The summed E-state index contributed by atoms with van der Waals surface area (Å²) in [4.78, 5) is 36.0. The number of carbonyl (C=O) groups excluding carboxylic acids is 2. The summed E-state index contributed by atoms with van der Waals surface area (Å²) in [7, 11) is 1.49. The zero-order valence-electron chi connectivity index (χ0n) is 59.6. The Bertz CT molecular complexity index is 1840. The smallest absolute Gasteiger partial charge is 0.462 e. The Morgan fingerprint density at radius 2 is 0.633 bits per heavy atom. The van der Waals surface area contributed by atoms with Crippen LogP contribution in [0.5, 0.6) is 0 Å². The lowest BCUT2D eigenvalue weighted by Crippen LogP contribution is -2.37. The van der Waals surface area contributed by atoms with Crippen molar-refractivity contribution in [3.05, 3.63) is 97.2 Å². The third-order valence-corrected chi connectivity index (χ3v) is 17.6. The maximum Gasteiger partial charge on any atom is 0.472 e. The summed E-state index contributed by atoms with van der Waals surface area (Å²) >= 11 is 0. The van der Waals surface area contributed by atoms with Crippen molar-refractivity contribution in [3.63, 3.8) is 0 Å². The molecule has 0 saturated carbocycles. The van der Waals surface area contributed by atoms with E-state index in [4.69, 9.17) is 18.5 Å². The number of nitrogens with zero attached hydrogens (tertiary/aromatic N) is 1. The number of allylic oxidation sites excluding steroid dienone is 16. The number of rotatable bonds is 70. The predicted molar refractivity (Wildman–Crippen MR) is 390 cm³/mol. The molecular weight excluding hydrogens is 1130 g/mol. The lowest BCUT2D eigenvalue weighted by atomic mass is 10.0. The van der Waals surface area contributed by atoms with Crippen molar-refractivity contribution in [2.75, 3.05) is 47.5 Å². The van der Waals surface area contributed by atoms with Gasteiger partial charge in [-0.25, -0.2) is 4.57 Å². The van der Waals surface area contributed by atoms with Crippen molar-refractivity contribution in [2.24, 2.45) is 0 Å². The second-order valence-corrected chi connectivity index (χ2v) is 28.1. The minimum Gasteiger partial charge on any atom is -0.462 e. The number of likely N-dealkylation sites (N-methyl/N-ethyl adjacent to an activating group) is 1. The zero-order chi connectivity index (χ0) is 65.5. The third-order valence-electron chi connectivity index (χ3n) is 16.6. The molecule has 0 amide bonds. The molecule has 522 valence electrons. The Hall–Kier alpha value is -3.07. The number of ether oxygens (including phenoxy) is 2. The SMILES string of the molecule is CC/C=C\C/C=C\C/C=C\C/C=C\C/C=C\C/C=C\CCCCCCCCCCCCCCCCCCC(=O)OC(COC(=O)CCCCCCCCCCCCCCCCCCCCC/C=C\C/C=C\CCCCCCC)COP(=O)(O)OCC[N+](C)(C)C. The lowest BCUT2D eigenvalue weighted by Gasteiger charge is -2.24. The normalized spacial score (nSPS) is 13.6. The second-order valence-electron chi connectivity index (χ2n) is 26.7. The van der Waals surface area contributed by atoms with E-state index >= 15 is 0 Å². The van der Waals surface area contributed by atoms with Gasteiger partial charge in [-0.3, -0.25) is 18.6 Å². The molecule has 1 N–H and O–H groups in total. The van der Waals surface area contributed by atoms with E-state index in [1.54, 1.807) is 0 Å². The van der Waals surface area contributed by atoms with Crippen LogP contribution >= 0.6 is 7.82 Å². The standard InChI is InChI=1S/C80H144NO8P/c1-6-8-10-12-14-16-18-20-22-24-26-28-30-32-34-36-38-39-40-41-43-45-47-49-51-53-55-57-59-61-63-65-67-69-71-73-80(83)89-78(77-88-90(84,85)87-75-74-81(3,4)5)76-86-79(82)72-70-68-66-64-62-60-58-56-54-52-50-48-46-44-42-37-35-33-31-29-27-25-23-21-19-17-15-13-11-9-7-2/h8,10,14,16,19-22,25-28,32,34,38-39,78H,6-7,9,11-13,15,17-18,23-24,29-31,33,35-37,40-77H2,1-5H3/p+1/b10-8-,16-14-,21-19-,22-20-,27-25-,28-26-,34-32-,39-38-. The number of hydrogen-bond donors (Lipinski definition) is 1. The van der Waals surface area contributed by atoms with E-state index in [1.165, 1.54) is 238 Å². The molecule has 0 spiro atoms. The van der Waals surface area contributed by atoms with Gasteiger partial charge in [0.05, 0.1) is 27.7 Å². The van der Waals surface area contributed by atoms with Crippen molar-refractivity contribution < 1.29 is 42.1 Å². The fraction of sp³-hybridized carbons (Fsp3) is 0.775. The fourth-order valence-corrected chi connectivity index (χ4v) is 11.6. The molecule has 0 heterocycles. The summed E-state index contributed by atoms with van der Waals surface area (Å²) in [5, 5.41) is 0. The summed E-state index contributed by atoms with van der Waals surface area (Å²) < 4.78 is 34.8. The number of quaternary nitrogens is 1. The van der Waals surface area contributed by atoms with Crippen molar-refractivity contribution >= 4 is 19.8 Å². The van der Waals surface area contributed by atoms with E-state index in [0.29, 0.717) is 17.4 Å². The van der Waals surface area contributed by atoms with Crippen LogP contribution in [0.2, 0.25) is 0 Å². The highest BCUT2D eigenvalue weighted by molar-refractivity contribution is 7.47. The van der Waals surface area contributed by atoms with Gasteiger partial charge in [0.2, 0.25) is 0 Å². The van der Waals surface area contributed by atoms with E-state index in [0.717, 1.165) is 77.0 Å². The van der Waals surface area contributed by atoms with Gasteiger partial charge in [0.15, 0.2) is 6.10 Å². The van der Waals surface area contributed by atoms with Crippen LogP contribution in [0.4, 0.5) is 0 Å². The predicted octanol–water partition coefficient (Wildman–Crippen LogP) is 25.1. The van der Waals surface area contributed by atoms with Crippen LogP contribution < -0.4 is 0 Å². The Balaban J connectivity index is 3.99. The van der Waals surface area contributed by atoms with Gasteiger partial charge >= 0.3 is 19.8 Å². The molecule has 0 radical (unpaired) electrons. The molecule has 0 aromatic rings. The number of unbranched alkanes of at least 4 members (excludes halogenated alkanes) is 40. The van der Waals surface area contributed by atoms with Crippen LogP contribution in [-0.4, -0.2) is 74.9 Å². The molecule has 0 fully saturated rings. The first-order chi connectivity index (χ1) is 44.0. The van der Waals surface area contributed by atoms with Crippen LogP contribution in [0, 0.1) is 0 Å². The quantitative estimate of drug-likeness (QED) is 0.0211. The second kappa shape index (κ2) is 70.3. The van der Waals surface area contributed by atoms with Crippen LogP contribution in [0.3, 0.4) is 0 Å². The third kappa shape index (κ3) is 74.0. The Morgan fingerprint density at radius 3 is 0.944 bits per heavy atom. The molecule has 0 saturated heterocycles. The summed E-state index contributed by atoms with van der Waals surface area (Å²) in [6, 6.07) is 0. The number of phosphoric acid groups is 1. The van der Waals surface area contributed by atoms with Gasteiger partial charge in [-0.15, -0.1) is 0 Å². The maximum atomic E-state index is 12.9. The molecule has 0 aliphatic rings. The van der Waals surface area contributed by atoms with Crippen molar-refractivity contribution in [2.45, 2.75) is 354 Å². The first-order valence-electron chi connectivity index (χ1n) is 38.0. The number of phosphoric ester groups is 1. The topological polar surface area (TPSA) is 108 Å². The molecule has 9 nitrogen and oxygen atoms in total. The zero-order valence-corrected chi connectivity index (χ0v) is 60.5. The Labute approximate surface area is 557 Å². The Kier molecular flexibility index (Phi) is 67.9. The van der Waals surface area contributed by atoms with E-state index in [9.17, 15) is 19.0 Å². The first-order valence-corrected chi connectivity index (χ1v) is 39.5. The number of hydrogen-bond acceptors (Lipinski definition) is 7. The van der Waals surface area contributed by atoms with Gasteiger partial charge in [0, 0.05) is 12.8 Å². The maximum absolute atomic E-state index is 12.9. The fourth-order valence-electron chi connectivity index (χ4n) is 10.8. The molecule has 2 atom stereocenters. The largest absolute Gasteiger partial charge is 0.472 e. The molecule has 10 heteroatoms. The van der Waals surface area contributed by atoms with Gasteiger partial charge in [-0.05, 0) is 96.3 Å². The Morgan fingerprint density at radius 1 is 0.356 bits per heavy atom. The highest BCUT2D eigenvalue weighted by atomic mass is 31.2. The van der Waals surface area contributed by atoms with Gasteiger partial charge in [-0.1, -0.05) is 336 Å². The van der Waals surface area contributed by atoms with Gasteiger partial charge < -0.3 is 18.9 Å². The van der Waals surface area contributed by atoms with E-state index in [1.807, 2.05) is 21.1 Å². The molecule has 0 aliphatic carbocycles. The molecule has 90 heavy (non-hydrogen) atoms. The number of carbonyl (C=O) groups is 2. The first kappa shape index (κ1) is 86.9. The molecule has 2 unspecified atom stereocenters. The van der Waals surface area contributed by atoms with Gasteiger partial charge in [0.25, 0.3) is 0 Å². The number of esters is 2. The highest BCUT2D eigenvalue weighted by Gasteiger charge is 2.27. The van der Waals surface area contributed by atoms with E-state index in [2.05, 4.69) is 111 Å².